The van der Waals surface area contributed by atoms with E-state index in [0.29, 0.717) is 6.54 Å². The van der Waals surface area contributed by atoms with Crippen molar-refractivity contribution >= 4 is 17.4 Å². The molecule has 0 bridgehead atoms. The van der Waals surface area contributed by atoms with Gasteiger partial charge in [0.05, 0.1) is 5.56 Å². The van der Waals surface area contributed by atoms with Crippen LogP contribution in [-0.2, 0) is 0 Å². The number of hydrogen-bond donors (Lipinski definition) is 0. The van der Waals surface area contributed by atoms with Crippen LogP contribution in [0.3, 0.4) is 0 Å². The van der Waals surface area contributed by atoms with Crippen LogP contribution >= 0.6 is 0 Å². The van der Waals surface area contributed by atoms with E-state index in [9.17, 15) is 4.79 Å². The number of anilines is 1. The van der Waals surface area contributed by atoms with Gasteiger partial charge in [0.1, 0.15) is 0 Å². The normalized spacial score (nSPS) is 15.5. The fourth-order valence-corrected chi connectivity index (χ4v) is 3.13. The zero-order valence-electron chi connectivity index (χ0n) is 13.4. The summed E-state index contributed by atoms with van der Waals surface area (Å²) in [6, 6.07) is 9.71. The molecule has 1 aliphatic heterocycles. The lowest BCUT2D eigenvalue weighted by Gasteiger charge is -2.21. The summed E-state index contributed by atoms with van der Waals surface area (Å²) in [5.74, 6) is 0.830. The van der Waals surface area contributed by atoms with Crippen molar-refractivity contribution in [3.05, 3.63) is 60.7 Å². The first-order valence-electron chi connectivity index (χ1n) is 8.19. The Morgan fingerprint density at radius 3 is 2.71 bits per heavy atom. The van der Waals surface area contributed by atoms with Gasteiger partial charge in [-0.2, -0.15) is 0 Å². The first-order chi connectivity index (χ1) is 11.8. The smallest absolute Gasteiger partial charge is 0.255 e. The minimum absolute atomic E-state index is 0.0922. The number of rotatable bonds is 2. The van der Waals surface area contributed by atoms with Gasteiger partial charge in [0.15, 0.2) is 0 Å². The second-order valence-electron chi connectivity index (χ2n) is 5.94. The molecule has 4 heterocycles. The van der Waals surface area contributed by atoms with Crippen LogP contribution < -0.4 is 4.90 Å². The van der Waals surface area contributed by atoms with Crippen molar-refractivity contribution < 1.29 is 4.79 Å². The number of aromatic nitrogens is 3. The van der Waals surface area contributed by atoms with Crippen molar-refractivity contribution in [2.45, 2.75) is 6.42 Å². The molecule has 0 spiro atoms. The average Bonchev–Trinajstić information content (AvgIpc) is 2.91. The maximum atomic E-state index is 12.8. The maximum Gasteiger partial charge on any atom is 0.255 e. The first-order valence-corrected chi connectivity index (χ1v) is 8.19. The molecule has 0 saturated carbocycles. The highest BCUT2D eigenvalue weighted by Gasteiger charge is 2.22. The van der Waals surface area contributed by atoms with E-state index >= 15 is 0 Å². The van der Waals surface area contributed by atoms with Crippen molar-refractivity contribution in [3.63, 3.8) is 0 Å². The molecule has 0 radical (unpaired) electrons. The Morgan fingerprint density at radius 2 is 1.88 bits per heavy atom. The van der Waals surface area contributed by atoms with E-state index in [4.69, 9.17) is 0 Å². The number of hydrogen-bond acceptors (Lipinski definition) is 4. The fourth-order valence-electron chi connectivity index (χ4n) is 3.13. The Morgan fingerprint density at radius 1 is 1.00 bits per heavy atom. The first kappa shape index (κ1) is 14.7. The van der Waals surface area contributed by atoms with E-state index in [1.807, 2.05) is 52.0 Å². The van der Waals surface area contributed by atoms with Crippen LogP contribution in [-0.4, -0.2) is 51.4 Å². The molecule has 1 saturated heterocycles. The SMILES string of the molecule is O=C(c1cc2ccccn2c1)N1CCCN(c2ncccn2)CC1. The predicted octanol–water partition coefficient (Wildman–Crippen LogP) is 2.08. The topological polar surface area (TPSA) is 53.7 Å². The molecule has 0 aliphatic carbocycles. The molecule has 1 fully saturated rings. The van der Waals surface area contributed by atoms with Crippen LogP contribution in [0, 0.1) is 0 Å². The largest absolute Gasteiger partial charge is 0.339 e. The van der Waals surface area contributed by atoms with Crippen LogP contribution in [0.25, 0.3) is 5.52 Å². The Kier molecular flexibility index (Phi) is 3.86. The Labute approximate surface area is 140 Å². The molecule has 1 amide bonds. The molecule has 3 aromatic heterocycles. The zero-order valence-corrected chi connectivity index (χ0v) is 13.4. The van der Waals surface area contributed by atoms with Gasteiger partial charge in [-0.05, 0) is 30.7 Å². The quantitative estimate of drug-likeness (QED) is 0.725. The van der Waals surface area contributed by atoms with Gasteiger partial charge >= 0.3 is 0 Å². The number of pyridine rings is 1. The lowest BCUT2D eigenvalue weighted by atomic mass is 10.2. The summed E-state index contributed by atoms with van der Waals surface area (Å²) in [5, 5.41) is 0. The molecule has 0 aromatic carbocycles. The molecule has 0 N–H and O–H groups in total. The van der Waals surface area contributed by atoms with E-state index in [0.717, 1.165) is 43.1 Å². The fraction of sp³-hybridized carbons (Fsp3) is 0.278. The predicted molar refractivity (Wildman–Crippen MR) is 92.2 cm³/mol. The van der Waals surface area contributed by atoms with Crippen molar-refractivity contribution in [3.8, 4) is 0 Å². The van der Waals surface area contributed by atoms with Crippen molar-refractivity contribution in [2.24, 2.45) is 0 Å². The van der Waals surface area contributed by atoms with Crippen LogP contribution in [0.2, 0.25) is 0 Å². The summed E-state index contributed by atoms with van der Waals surface area (Å²) in [6.45, 7) is 3.06. The van der Waals surface area contributed by atoms with E-state index in [2.05, 4.69) is 14.9 Å². The molecule has 24 heavy (non-hydrogen) atoms. The van der Waals surface area contributed by atoms with Gasteiger partial charge in [-0.25, -0.2) is 9.97 Å². The summed E-state index contributed by atoms with van der Waals surface area (Å²) in [6.07, 6.45) is 8.28. The summed E-state index contributed by atoms with van der Waals surface area (Å²) in [4.78, 5) is 25.5. The van der Waals surface area contributed by atoms with Crippen molar-refractivity contribution in [1.29, 1.82) is 0 Å². The molecule has 3 aromatic rings. The van der Waals surface area contributed by atoms with Crippen LogP contribution in [0.1, 0.15) is 16.8 Å². The van der Waals surface area contributed by atoms with E-state index in [1.54, 1.807) is 12.4 Å². The van der Waals surface area contributed by atoms with Gasteiger partial charge < -0.3 is 14.2 Å². The average molecular weight is 321 g/mol. The molecule has 6 heteroatoms. The monoisotopic (exact) mass is 321 g/mol. The Hall–Kier alpha value is -2.89. The molecular formula is C18H19N5O. The van der Waals surface area contributed by atoms with E-state index in [-0.39, 0.29) is 5.91 Å². The molecule has 0 atom stereocenters. The third kappa shape index (κ3) is 2.82. The van der Waals surface area contributed by atoms with E-state index in [1.165, 1.54) is 0 Å². The molecule has 1 aliphatic rings. The maximum absolute atomic E-state index is 12.8. The highest BCUT2D eigenvalue weighted by molar-refractivity contribution is 5.95. The summed E-state index contributed by atoms with van der Waals surface area (Å²) < 4.78 is 1.98. The minimum Gasteiger partial charge on any atom is -0.339 e. The lowest BCUT2D eigenvalue weighted by Crippen LogP contribution is -2.35. The summed E-state index contributed by atoms with van der Waals surface area (Å²) >= 11 is 0. The van der Waals surface area contributed by atoms with Gasteiger partial charge in [0.25, 0.3) is 5.91 Å². The van der Waals surface area contributed by atoms with Gasteiger partial charge in [-0.15, -0.1) is 0 Å². The Bertz CT molecular complexity index is 812. The highest BCUT2D eigenvalue weighted by atomic mass is 16.2. The van der Waals surface area contributed by atoms with Crippen LogP contribution in [0.15, 0.2) is 55.1 Å². The molecule has 122 valence electrons. The molecule has 4 rings (SSSR count). The molecule has 6 nitrogen and oxygen atoms in total. The highest BCUT2D eigenvalue weighted by Crippen LogP contribution is 2.15. The minimum atomic E-state index is 0.0922. The van der Waals surface area contributed by atoms with Crippen molar-refractivity contribution in [1.82, 2.24) is 19.3 Å². The molecule has 0 unspecified atom stereocenters. The van der Waals surface area contributed by atoms with Gasteiger partial charge in [-0.1, -0.05) is 6.07 Å². The van der Waals surface area contributed by atoms with Gasteiger partial charge in [0.2, 0.25) is 5.95 Å². The third-order valence-electron chi connectivity index (χ3n) is 4.37. The number of carbonyl (C=O) groups excluding carboxylic acids is 1. The summed E-state index contributed by atoms with van der Waals surface area (Å²) in [7, 11) is 0. The second-order valence-corrected chi connectivity index (χ2v) is 5.94. The van der Waals surface area contributed by atoms with Crippen LogP contribution in [0.4, 0.5) is 5.95 Å². The van der Waals surface area contributed by atoms with E-state index < -0.39 is 0 Å². The zero-order chi connectivity index (χ0) is 16.4. The van der Waals surface area contributed by atoms with Gasteiger partial charge in [-0.3, -0.25) is 4.79 Å². The second kappa shape index (κ2) is 6.31. The number of amides is 1. The number of nitrogens with zero attached hydrogens (tertiary/aromatic N) is 5. The summed E-state index contributed by atoms with van der Waals surface area (Å²) in [5.41, 5.74) is 1.78. The molecular weight excluding hydrogens is 302 g/mol. The lowest BCUT2D eigenvalue weighted by molar-refractivity contribution is 0.0767. The third-order valence-corrected chi connectivity index (χ3v) is 4.37. The van der Waals surface area contributed by atoms with Gasteiger partial charge in [0, 0.05) is 56.5 Å². The number of fused-ring (bicyclic) bond motifs is 1. The number of carbonyl (C=O) groups is 1. The standard InChI is InChI=1S/C18H19N5O/c24-17(15-13-16-5-1-2-8-23(16)14-15)21-9-4-10-22(12-11-21)18-19-6-3-7-20-18/h1-3,5-8,13-14H,4,9-12H2. The Balaban J connectivity index is 1.49. The van der Waals surface area contributed by atoms with Crippen LogP contribution in [0.5, 0.6) is 0 Å². The van der Waals surface area contributed by atoms with Crippen molar-refractivity contribution in [2.75, 3.05) is 31.1 Å².